The molecule has 0 aromatic heterocycles. The molecule has 1 radical (unpaired) electrons. The fourth-order valence-corrected chi connectivity index (χ4v) is 1.41. The van der Waals surface area contributed by atoms with Gasteiger partial charge < -0.3 is 0 Å². The Hall–Kier alpha value is -1.84. The van der Waals surface area contributed by atoms with Crippen LogP contribution >= 0.6 is 0 Å². The minimum atomic E-state index is -1.03. The Bertz CT molecular complexity index is 549. The molecule has 2 aromatic carbocycles. The van der Waals surface area contributed by atoms with Gasteiger partial charge in [0.2, 0.25) is 0 Å². The molecule has 0 bridgehead atoms. The van der Waals surface area contributed by atoms with Crippen molar-refractivity contribution >= 4 is 0 Å². The van der Waals surface area contributed by atoms with E-state index in [0.29, 0.717) is 0 Å². The molecular formula is C13H7F4. The van der Waals surface area contributed by atoms with E-state index in [1.807, 2.05) is 0 Å². The molecule has 0 fully saturated rings. The Morgan fingerprint density at radius 1 is 0.765 bits per heavy atom. The first-order valence-electron chi connectivity index (χ1n) is 4.82. The van der Waals surface area contributed by atoms with Crippen molar-refractivity contribution in [3.05, 3.63) is 77.2 Å². The van der Waals surface area contributed by atoms with Crippen LogP contribution in [0.15, 0.2) is 36.4 Å². The highest BCUT2D eigenvalue weighted by Crippen LogP contribution is 2.19. The van der Waals surface area contributed by atoms with E-state index in [1.165, 1.54) is 24.6 Å². The van der Waals surface area contributed by atoms with E-state index < -0.39 is 23.3 Å². The van der Waals surface area contributed by atoms with Crippen LogP contribution in [0, 0.1) is 29.7 Å². The molecule has 17 heavy (non-hydrogen) atoms. The molecule has 0 N–H and O–H groups in total. The summed E-state index contributed by atoms with van der Waals surface area (Å²) in [5, 5.41) is 0. The van der Waals surface area contributed by atoms with E-state index in [9.17, 15) is 17.6 Å². The van der Waals surface area contributed by atoms with Gasteiger partial charge in [0, 0.05) is 6.42 Å². The fourth-order valence-electron chi connectivity index (χ4n) is 1.41. The van der Waals surface area contributed by atoms with Crippen molar-refractivity contribution in [1.29, 1.82) is 0 Å². The van der Waals surface area contributed by atoms with Crippen molar-refractivity contribution in [2.45, 2.75) is 0 Å². The van der Waals surface area contributed by atoms with Crippen molar-refractivity contribution < 1.29 is 17.6 Å². The maximum Gasteiger partial charge on any atom is 0.162 e. The number of halogens is 4. The van der Waals surface area contributed by atoms with E-state index in [4.69, 9.17) is 0 Å². The van der Waals surface area contributed by atoms with Crippen molar-refractivity contribution in [2.24, 2.45) is 0 Å². The van der Waals surface area contributed by atoms with Crippen molar-refractivity contribution in [2.75, 3.05) is 0 Å². The van der Waals surface area contributed by atoms with Crippen LogP contribution in [0.4, 0.5) is 17.6 Å². The van der Waals surface area contributed by atoms with E-state index in [1.54, 1.807) is 0 Å². The van der Waals surface area contributed by atoms with E-state index in [-0.39, 0.29) is 11.1 Å². The Kier molecular flexibility index (Phi) is 3.13. The fraction of sp³-hybridized carbons (Fsp3) is 0. The summed E-state index contributed by atoms with van der Waals surface area (Å²) in [4.78, 5) is 0. The second-order valence-corrected chi connectivity index (χ2v) is 3.46. The van der Waals surface area contributed by atoms with E-state index >= 15 is 0 Å². The molecule has 0 spiro atoms. The topological polar surface area (TPSA) is 0 Å². The minimum absolute atomic E-state index is 0.0176. The molecule has 0 unspecified atom stereocenters. The highest BCUT2D eigenvalue weighted by molar-refractivity contribution is 5.38. The predicted molar refractivity (Wildman–Crippen MR) is 55.2 cm³/mol. The quantitative estimate of drug-likeness (QED) is 0.698. The molecular weight excluding hydrogens is 232 g/mol. The first kappa shape index (κ1) is 11.6. The third-order valence-corrected chi connectivity index (χ3v) is 2.25. The molecule has 0 saturated carbocycles. The van der Waals surface area contributed by atoms with Gasteiger partial charge in [0.25, 0.3) is 0 Å². The first-order chi connectivity index (χ1) is 8.08. The molecule has 0 heterocycles. The standard InChI is InChI=1S/C13H7F4/c14-10-5-4-8(7-12(10)16)6-9-2-1-3-11(15)13(9)17/h1-7H. The number of hydrogen-bond donors (Lipinski definition) is 0. The first-order valence-corrected chi connectivity index (χ1v) is 4.82. The smallest absolute Gasteiger partial charge is 0.162 e. The molecule has 0 saturated heterocycles. The summed E-state index contributed by atoms with van der Waals surface area (Å²) in [5.41, 5.74) is 0.240. The van der Waals surface area contributed by atoms with Gasteiger partial charge in [0.05, 0.1) is 0 Å². The Morgan fingerprint density at radius 3 is 2.24 bits per heavy atom. The van der Waals surface area contributed by atoms with Crippen LogP contribution in [0.1, 0.15) is 11.1 Å². The van der Waals surface area contributed by atoms with Gasteiger partial charge in [-0.1, -0.05) is 18.2 Å². The van der Waals surface area contributed by atoms with E-state index in [0.717, 1.165) is 18.2 Å². The zero-order valence-corrected chi connectivity index (χ0v) is 8.55. The Morgan fingerprint density at radius 2 is 1.53 bits per heavy atom. The van der Waals surface area contributed by atoms with Crippen LogP contribution < -0.4 is 0 Å². The minimum Gasteiger partial charge on any atom is -0.204 e. The summed E-state index contributed by atoms with van der Waals surface area (Å²) >= 11 is 0. The van der Waals surface area contributed by atoms with Gasteiger partial charge in [-0.3, -0.25) is 0 Å². The highest BCUT2D eigenvalue weighted by atomic mass is 19.2. The molecule has 0 aliphatic carbocycles. The van der Waals surface area contributed by atoms with Crippen LogP contribution in [0.3, 0.4) is 0 Å². The normalized spacial score (nSPS) is 10.6. The molecule has 87 valence electrons. The molecule has 2 aromatic rings. The molecule has 4 heteroatoms. The lowest BCUT2D eigenvalue weighted by molar-refractivity contribution is 0.503. The van der Waals surface area contributed by atoms with Crippen molar-refractivity contribution in [1.82, 2.24) is 0 Å². The molecule has 2 rings (SSSR count). The van der Waals surface area contributed by atoms with Gasteiger partial charge in [-0.05, 0) is 29.3 Å². The molecule has 0 nitrogen and oxygen atoms in total. The summed E-state index contributed by atoms with van der Waals surface area (Å²) in [6.45, 7) is 0. The largest absolute Gasteiger partial charge is 0.204 e. The van der Waals surface area contributed by atoms with Crippen molar-refractivity contribution in [3.63, 3.8) is 0 Å². The molecule has 0 atom stereocenters. The third kappa shape index (κ3) is 2.46. The third-order valence-electron chi connectivity index (χ3n) is 2.25. The van der Waals surface area contributed by atoms with Crippen LogP contribution in [0.25, 0.3) is 0 Å². The molecule has 0 aliphatic heterocycles. The second kappa shape index (κ2) is 4.57. The maximum atomic E-state index is 13.3. The molecule has 0 aliphatic rings. The number of hydrogen-bond acceptors (Lipinski definition) is 0. The monoisotopic (exact) mass is 239 g/mol. The van der Waals surface area contributed by atoms with Gasteiger partial charge >= 0.3 is 0 Å². The summed E-state index contributed by atoms with van der Waals surface area (Å²) < 4.78 is 51.7. The Labute approximate surface area is 95.5 Å². The average Bonchev–Trinajstić information content (AvgIpc) is 2.30. The number of benzene rings is 2. The average molecular weight is 239 g/mol. The predicted octanol–water partition coefficient (Wildman–Crippen LogP) is 3.84. The Balaban J connectivity index is 2.31. The lowest BCUT2D eigenvalue weighted by atomic mass is 10.0. The lowest BCUT2D eigenvalue weighted by Crippen LogP contribution is -1.95. The zero-order valence-electron chi connectivity index (χ0n) is 8.55. The van der Waals surface area contributed by atoms with Gasteiger partial charge in [-0.2, -0.15) is 0 Å². The van der Waals surface area contributed by atoms with Crippen LogP contribution in [0.2, 0.25) is 0 Å². The van der Waals surface area contributed by atoms with Crippen molar-refractivity contribution in [3.8, 4) is 0 Å². The number of rotatable bonds is 2. The van der Waals surface area contributed by atoms with Crippen LogP contribution in [-0.2, 0) is 0 Å². The summed E-state index contributed by atoms with van der Waals surface area (Å²) in [6, 6.07) is 6.79. The van der Waals surface area contributed by atoms with Crippen LogP contribution in [-0.4, -0.2) is 0 Å². The second-order valence-electron chi connectivity index (χ2n) is 3.46. The molecule has 0 amide bonds. The summed E-state index contributed by atoms with van der Waals surface area (Å²) in [7, 11) is 0. The summed E-state index contributed by atoms with van der Waals surface area (Å²) in [6.07, 6.45) is 1.24. The zero-order chi connectivity index (χ0) is 12.4. The SMILES string of the molecule is Fc1ccc([CH]c2cccc(F)c2F)cc1F. The maximum absolute atomic E-state index is 13.3. The lowest BCUT2D eigenvalue weighted by Gasteiger charge is -2.04. The van der Waals surface area contributed by atoms with Gasteiger partial charge in [0.1, 0.15) is 0 Å². The highest BCUT2D eigenvalue weighted by Gasteiger charge is 2.10. The summed E-state index contributed by atoms with van der Waals surface area (Å²) in [5.74, 6) is -4.02. The van der Waals surface area contributed by atoms with Crippen LogP contribution in [0.5, 0.6) is 0 Å². The van der Waals surface area contributed by atoms with Gasteiger partial charge in [-0.15, -0.1) is 0 Å². The van der Waals surface area contributed by atoms with Gasteiger partial charge in [0.15, 0.2) is 23.3 Å². The van der Waals surface area contributed by atoms with E-state index in [2.05, 4.69) is 0 Å². The van der Waals surface area contributed by atoms with Gasteiger partial charge in [-0.25, -0.2) is 17.6 Å².